The van der Waals surface area contributed by atoms with Gasteiger partial charge in [-0.05, 0) is 30.3 Å². The maximum absolute atomic E-state index is 12.9. The molecule has 0 aliphatic rings. The van der Waals surface area contributed by atoms with E-state index >= 15 is 0 Å². The van der Waals surface area contributed by atoms with Crippen LogP contribution in [0.25, 0.3) is 10.9 Å². The van der Waals surface area contributed by atoms with Gasteiger partial charge in [-0.1, -0.05) is 18.2 Å². The minimum atomic E-state index is -5.09. The number of sulfonamides is 1. The molecule has 2 aromatic carbocycles. The van der Waals surface area contributed by atoms with E-state index in [0.717, 1.165) is 6.07 Å². The Morgan fingerprint density at radius 2 is 1.39 bits per heavy atom. The number of aromatic nitrogens is 1. The van der Waals surface area contributed by atoms with Crippen molar-refractivity contribution in [2.75, 3.05) is 4.72 Å². The van der Waals surface area contributed by atoms with E-state index in [1.807, 2.05) is 0 Å². The molecule has 1 heterocycles. The zero-order valence-electron chi connectivity index (χ0n) is 13.6. The van der Waals surface area contributed by atoms with E-state index in [0.29, 0.717) is 17.5 Å². The number of rotatable bonds is 3. The van der Waals surface area contributed by atoms with Gasteiger partial charge in [0, 0.05) is 11.6 Å². The van der Waals surface area contributed by atoms with Gasteiger partial charge in [0.25, 0.3) is 10.0 Å². The van der Waals surface area contributed by atoms with Gasteiger partial charge < -0.3 is 0 Å². The number of pyridine rings is 1. The minimum Gasteiger partial charge on any atom is -0.280 e. The van der Waals surface area contributed by atoms with Crippen molar-refractivity contribution >= 4 is 26.6 Å². The van der Waals surface area contributed by atoms with Crippen LogP contribution in [-0.2, 0) is 22.4 Å². The summed E-state index contributed by atoms with van der Waals surface area (Å²) in [5.41, 5.74) is -4.09. The number of halogens is 6. The quantitative estimate of drug-likeness (QED) is 0.602. The molecule has 11 heteroatoms. The van der Waals surface area contributed by atoms with E-state index < -0.39 is 39.2 Å². The number of fused-ring (bicyclic) bond motifs is 1. The molecule has 0 saturated carbocycles. The highest BCUT2D eigenvalue weighted by molar-refractivity contribution is 7.93. The average Bonchev–Trinajstić information content (AvgIpc) is 2.59. The molecule has 0 atom stereocenters. The summed E-state index contributed by atoms with van der Waals surface area (Å²) in [6.45, 7) is 0. The highest BCUT2D eigenvalue weighted by atomic mass is 32.2. The van der Waals surface area contributed by atoms with E-state index in [9.17, 15) is 34.8 Å². The molecule has 0 fully saturated rings. The Morgan fingerprint density at radius 3 is 1.96 bits per heavy atom. The van der Waals surface area contributed by atoms with Gasteiger partial charge in [-0.3, -0.25) is 9.71 Å². The number of para-hydroxylation sites is 1. The standard InChI is InChI=1S/C17H10F6N2O2S/c18-16(19,20)11-7-12(17(21,22)23)9-13(8-11)25-28(26,27)14-5-1-3-10-4-2-6-24-15(10)14/h1-9,25H. The van der Waals surface area contributed by atoms with Gasteiger partial charge in [0.2, 0.25) is 0 Å². The first-order chi connectivity index (χ1) is 12.9. The molecule has 28 heavy (non-hydrogen) atoms. The van der Waals surface area contributed by atoms with Crippen LogP contribution in [0.5, 0.6) is 0 Å². The van der Waals surface area contributed by atoms with Gasteiger partial charge in [0.05, 0.1) is 22.3 Å². The Balaban J connectivity index is 2.12. The third kappa shape index (κ3) is 4.03. The van der Waals surface area contributed by atoms with Crippen molar-refractivity contribution in [1.82, 2.24) is 4.98 Å². The molecule has 4 nitrogen and oxygen atoms in total. The summed E-state index contributed by atoms with van der Waals surface area (Å²) >= 11 is 0. The van der Waals surface area contributed by atoms with Gasteiger partial charge in [0.15, 0.2) is 0 Å². The molecule has 148 valence electrons. The van der Waals surface area contributed by atoms with Crippen molar-refractivity contribution in [3.63, 3.8) is 0 Å². The zero-order chi connectivity index (χ0) is 20.7. The van der Waals surface area contributed by atoms with Crippen molar-refractivity contribution < 1.29 is 34.8 Å². The van der Waals surface area contributed by atoms with E-state index in [1.54, 1.807) is 22.9 Å². The number of anilines is 1. The molecule has 0 amide bonds. The maximum atomic E-state index is 12.9. The van der Waals surface area contributed by atoms with Crippen molar-refractivity contribution in [3.8, 4) is 0 Å². The molecule has 1 N–H and O–H groups in total. The van der Waals surface area contributed by atoms with E-state index in [-0.39, 0.29) is 16.5 Å². The molecule has 0 aliphatic heterocycles. The normalized spacial score (nSPS) is 12.9. The number of hydrogen-bond donors (Lipinski definition) is 1. The van der Waals surface area contributed by atoms with E-state index in [1.165, 1.54) is 12.3 Å². The Kier molecular flexibility index (Phi) is 4.74. The van der Waals surface area contributed by atoms with Crippen LogP contribution in [-0.4, -0.2) is 13.4 Å². The summed E-state index contributed by atoms with van der Waals surface area (Å²) in [6, 6.07) is 7.71. The van der Waals surface area contributed by atoms with Crippen LogP contribution in [0.4, 0.5) is 32.0 Å². The summed E-state index contributed by atoms with van der Waals surface area (Å²) < 4.78 is 105. The number of nitrogens with zero attached hydrogens (tertiary/aromatic N) is 1. The second-order valence-corrected chi connectivity index (χ2v) is 7.38. The molecule has 0 saturated heterocycles. The van der Waals surface area contributed by atoms with Crippen molar-refractivity contribution in [2.24, 2.45) is 0 Å². The van der Waals surface area contributed by atoms with E-state index in [4.69, 9.17) is 0 Å². The minimum absolute atomic E-state index is 0.0283. The molecular formula is C17H10F6N2O2S. The van der Waals surface area contributed by atoms with Crippen LogP contribution in [0.15, 0.2) is 59.6 Å². The molecular weight excluding hydrogens is 410 g/mol. The fourth-order valence-electron chi connectivity index (χ4n) is 2.52. The fourth-order valence-corrected chi connectivity index (χ4v) is 3.74. The highest BCUT2D eigenvalue weighted by Crippen LogP contribution is 2.38. The fraction of sp³-hybridized carbons (Fsp3) is 0.118. The molecule has 0 aliphatic carbocycles. The Morgan fingerprint density at radius 1 is 0.821 bits per heavy atom. The first-order valence-corrected chi connectivity index (χ1v) is 9.02. The van der Waals surface area contributed by atoms with E-state index in [2.05, 4.69) is 4.98 Å². The molecule has 1 aromatic heterocycles. The first-order valence-electron chi connectivity index (χ1n) is 7.54. The van der Waals surface area contributed by atoms with Crippen LogP contribution in [0.3, 0.4) is 0 Å². The summed E-state index contributed by atoms with van der Waals surface area (Å²) in [4.78, 5) is 3.55. The second-order valence-electron chi connectivity index (χ2n) is 5.73. The zero-order valence-corrected chi connectivity index (χ0v) is 14.5. The average molecular weight is 420 g/mol. The van der Waals surface area contributed by atoms with Crippen LogP contribution in [0.2, 0.25) is 0 Å². The lowest BCUT2D eigenvalue weighted by molar-refractivity contribution is -0.143. The molecule has 3 rings (SSSR count). The summed E-state index contributed by atoms with van der Waals surface area (Å²) in [5.74, 6) is 0. The van der Waals surface area contributed by atoms with Crippen LogP contribution in [0, 0.1) is 0 Å². The summed E-state index contributed by atoms with van der Waals surface area (Å²) in [7, 11) is -4.51. The Bertz CT molecular complexity index is 1100. The lowest BCUT2D eigenvalue weighted by Gasteiger charge is -2.16. The Labute approximate surface area is 154 Å². The van der Waals surface area contributed by atoms with Crippen molar-refractivity contribution in [3.05, 3.63) is 65.9 Å². The Hall–Kier alpha value is -2.82. The van der Waals surface area contributed by atoms with Gasteiger partial charge in [-0.2, -0.15) is 26.3 Å². The number of hydrogen-bond acceptors (Lipinski definition) is 3. The molecule has 3 aromatic rings. The second kappa shape index (κ2) is 6.66. The van der Waals surface area contributed by atoms with Gasteiger partial charge >= 0.3 is 12.4 Å². The lowest BCUT2D eigenvalue weighted by atomic mass is 10.1. The van der Waals surface area contributed by atoms with Gasteiger partial charge in [0.1, 0.15) is 4.90 Å². The number of alkyl halides is 6. The van der Waals surface area contributed by atoms with Crippen LogP contribution >= 0.6 is 0 Å². The monoisotopic (exact) mass is 420 g/mol. The van der Waals surface area contributed by atoms with Crippen molar-refractivity contribution in [1.29, 1.82) is 0 Å². The third-order valence-corrected chi connectivity index (χ3v) is 5.14. The topological polar surface area (TPSA) is 59.1 Å². The van der Waals surface area contributed by atoms with Gasteiger partial charge in [-0.15, -0.1) is 0 Å². The number of nitrogens with one attached hydrogen (secondary N) is 1. The van der Waals surface area contributed by atoms with Crippen LogP contribution in [0.1, 0.15) is 11.1 Å². The molecule has 0 bridgehead atoms. The molecule has 0 unspecified atom stereocenters. The van der Waals surface area contributed by atoms with Gasteiger partial charge in [-0.25, -0.2) is 8.42 Å². The predicted molar refractivity (Wildman–Crippen MR) is 89.0 cm³/mol. The highest BCUT2D eigenvalue weighted by Gasteiger charge is 2.37. The summed E-state index contributed by atoms with van der Waals surface area (Å²) in [6.07, 6.45) is -8.88. The maximum Gasteiger partial charge on any atom is 0.416 e. The first kappa shape index (κ1) is 19.9. The van der Waals surface area contributed by atoms with Crippen molar-refractivity contribution in [2.45, 2.75) is 17.2 Å². The number of benzene rings is 2. The third-order valence-electron chi connectivity index (χ3n) is 3.73. The largest absolute Gasteiger partial charge is 0.416 e. The lowest BCUT2D eigenvalue weighted by Crippen LogP contribution is -2.16. The molecule has 0 spiro atoms. The predicted octanol–water partition coefficient (Wildman–Crippen LogP) is 5.07. The smallest absolute Gasteiger partial charge is 0.280 e. The summed E-state index contributed by atoms with van der Waals surface area (Å²) in [5, 5.41) is 0.436. The molecule has 0 radical (unpaired) electrons. The van der Waals surface area contributed by atoms with Crippen LogP contribution < -0.4 is 4.72 Å². The SMILES string of the molecule is O=S(=O)(Nc1cc(C(F)(F)F)cc(C(F)(F)F)c1)c1cccc2cccnc12.